The monoisotopic (exact) mass is 202 g/mol. The van der Waals surface area contributed by atoms with E-state index in [1.165, 1.54) is 0 Å². The summed E-state index contributed by atoms with van der Waals surface area (Å²) < 4.78 is 0. The SMILES string of the molecule is Nc1cc2ccccc2c(C(=O)O)c1N. The first-order valence-corrected chi connectivity index (χ1v) is 4.41. The van der Waals surface area contributed by atoms with Crippen LogP contribution in [0.4, 0.5) is 11.4 Å². The van der Waals surface area contributed by atoms with E-state index in [2.05, 4.69) is 0 Å². The van der Waals surface area contributed by atoms with Crippen molar-refractivity contribution in [3.05, 3.63) is 35.9 Å². The average Bonchev–Trinajstić information content (AvgIpc) is 2.19. The fourth-order valence-electron chi connectivity index (χ4n) is 1.62. The second kappa shape index (κ2) is 3.16. The van der Waals surface area contributed by atoms with Crippen molar-refractivity contribution >= 4 is 28.1 Å². The Bertz CT molecular complexity index is 550. The van der Waals surface area contributed by atoms with Gasteiger partial charge in [0.2, 0.25) is 0 Å². The Labute approximate surface area is 86.1 Å². The topological polar surface area (TPSA) is 89.3 Å². The predicted octanol–water partition coefficient (Wildman–Crippen LogP) is 1.70. The van der Waals surface area contributed by atoms with Crippen LogP contribution >= 0.6 is 0 Å². The number of carbonyl (C=O) groups is 1. The Morgan fingerprint density at radius 2 is 1.87 bits per heavy atom. The summed E-state index contributed by atoms with van der Waals surface area (Å²) in [7, 11) is 0. The summed E-state index contributed by atoms with van der Waals surface area (Å²) in [4.78, 5) is 11.1. The van der Waals surface area contributed by atoms with E-state index < -0.39 is 5.97 Å². The van der Waals surface area contributed by atoms with Crippen molar-refractivity contribution < 1.29 is 9.90 Å². The molecule has 15 heavy (non-hydrogen) atoms. The second-order valence-corrected chi connectivity index (χ2v) is 3.28. The molecule has 0 aliphatic heterocycles. The molecule has 0 unspecified atom stereocenters. The standard InChI is InChI=1S/C11H10N2O2/c12-8-5-6-3-1-2-4-7(6)9(10(8)13)11(14)15/h1-5H,12-13H2,(H,14,15). The Balaban J connectivity index is 2.95. The molecule has 0 heterocycles. The van der Waals surface area contributed by atoms with Crippen molar-refractivity contribution in [2.24, 2.45) is 0 Å². The van der Waals surface area contributed by atoms with Crippen molar-refractivity contribution in [1.29, 1.82) is 0 Å². The molecule has 0 spiro atoms. The first-order valence-electron chi connectivity index (χ1n) is 4.41. The summed E-state index contributed by atoms with van der Waals surface area (Å²) in [6.45, 7) is 0. The van der Waals surface area contributed by atoms with Gasteiger partial charge in [0, 0.05) is 0 Å². The number of hydrogen-bond acceptors (Lipinski definition) is 3. The third-order valence-corrected chi connectivity index (χ3v) is 2.34. The van der Waals surface area contributed by atoms with E-state index in [9.17, 15) is 4.79 Å². The van der Waals surface area contributed by atoms with E-state index in [0.717, 1.165) is 5.39 Å². The van der Waals surface area contributed by atoms with Crippen LogP contribution in [-0.2, 0) is 0 Å². The van der Waals surface area contributed by atoms with Crippen LogP contribution in [0.15, 0.2) is 30.3 Å². The first-order chi connectivity index (χ1) is 7.11. The number of hydrogen-bond donors (Lipinski definition) is 3. The number of carboxylic acids is 1. The van der Waals surface area contributed by atoms with Gasteiger partial charge in [-0.1, -0.05) is 24.3 Å². The number of rotatable bonds is 1. The second-order valence-electron chi connectivity index (χ2n) is 3.28. The van der Waals surface area contributed by atoms with Crippen LogP contribution < -0.4 is 11.5 Å². The molecule has 5 N–H and O–H groups in total. The quantitative estimate of drug-likeness (QED) is 0.614. The van der Waals surface area contributed by atoms with Crippen molar-refractivity contribution in [3.8, 4) is 0 Å². The van der Waals surface area contributed by atoms with Gasteiger partial charge in [0.1, 0.15) is 0 Å². The lowest BCUT2D eigenvalue weighted by Crippen LogP contribution is -2.06. The van der Waals surface area contributed by atoms with Gasteiger partial charge in [-0.2, -0.15) is 0 Å². The molecule has 2 rings (SSSR count). The smallest absolute Gasteiger partial charge is 0.338 e. The van der Waals surface area contributed by atoms with Crippen molar-refractivity contribution in [1.82, 2.24) is 0 Å². The zero-order valence-electron chi connectivity index (χ0n) is 7.90. The average molecular weight is 202 g/mol. The number of benzene rings is 2. The van der Waals surface area contributed by atoms with E-state index >= 15 is 0 Å². The van der Waals surface area contributed by atoms with Gasteiger partial charge in [0.25, 0.3) is 0 Å². The van der Waals surface area contributed by atoms with Crippen LogP contribution in [0.1, 0.15) is 10.4 Å². The molecule has 0 aromatic heterocycles. The zero-order valence-corrected chi connectivity index (χ0v) is 7.90. The van der Waals surface area contributed by atoms with Gasteiger partial charge in [-0.15, -0.1) is 0 Å². The van der Waals surface area contributed by atoms with Crippen LogP contribution in [0.25, 0.3) is 10.8 Å². The fraction of sp³-hybridized carbons (Fsp3) is 0. The Morgan fingerprint density at radius 3 is 2.53 bits per heavy atom. The molecule has 4 heteroatoms. The van der Waals surface area contributed by atoms with E-state index in [-0.39, 0.29) is 11.3 Å². The summed E-state index contributed by atoms with van der Waals surface area (Å²) in [5.41, 5.74) is 11.8. The molecular weight excluding hydrogens is 192 g/mol. The molecule has 0 fully saturated rings. The number of nitrogen functional groups attached to an aromatic ring is 2. The molecule has 0 saturated carbocycles. The van der Waals surface area contributed by atoms with Crippen LogP contribution in [-0.4, -0.2) is 11.1 Å². The Hall–Kier alpha value is -2.23. The van der Waals surface area contributed by atoms with Crippen LogP contribution in [0.2, 0.25) is 0 Å². The molecular formula is C11H10N2O2. The lowest BCUT2D eigenvalue weighted by atomic mass is 10.0. The first kappa shape index (κ1) is 9.33. The third-order valence-electron chi connectivity index (χ3n) is 2.34. The minimum atomic E-state index is -1.06. The molecule has 0 radical (unpaired) electrons. The highest BCUT2D eigenvalue weighted by atomic mass is 16.4. The number of aromatic carboxylic acids is 1. The summed E-state index contributed by atoms with van der Waals surface area (Å²) in [6, 6.07) is 8.79. The van der Waals surface area contributed by atoms with E-state index in [1.54, 1.807) is 24.3 Å². The molecule has 4 nitrogen and oxygen atoms in total. The summed E-state index contributed by atoms with van der Waals surface area (Å²) >= 11 is 0. The molecule has 0 bridgehead atoms. The van der Waals surface area contributed by atoms with Crippen molar-refractivity contribution in [3.63, 3.8) is 0 Å². The van der Waals surface area contributed by atoms with Crippen molar-refractivity contribution in [2.45, 2.75) is 0 Å². The van der Waals surface area contributed by atoms with Gasteiger partial charge in [0.05, 0.1) is 16.9 Å². The summed E-state index contributed by atoms with van der Waals surface area (Å²) in [5.74, 6) is -1.06. The number of carboxylic acid groups (broad SMARTS) is 1. The molecule has 2 aromatic carbocycles. The van der Waals surface area contributed by atoms with Gasteiger partial charge < -0.3 is 16.6 Å². The molecule has 0 amide bonds. The third kappa shape index (κ3) is 1.36. The van der Waals surface area contributed by atoms with E-state index in [4.69, 9.17) is 16.6 Å². The largest absolute Gasteiger partial charge is 0.478 e. The minimum Gasteiger partial charge on any atom is -0.478 e. The molecule has 0 atom stereocenters. The molecule has 76 valence electrons. The lowest BCUT2D eigenvalue weighted by molar-refractivity contribution is 0.0700. The maximum absolute atomic E-state index is 11.1. The maximum Gasteiger partial charge on any atom is 0.338 e. The maximum atomic E-state index is 11.1. The van der Waals surface area contributed by atoms with Crippen LogP contribution in [0.5, 0.6) is 0 Å². The normalized spacial score (nSPS) is 10.4. The number of nitrogens with two attached hydrogens (primary N) is 2. The Morgan fingerprint density at radius 1 is 1.20 bits per heavy atom. The fourth-order valence-corrected chi connectivity index (χ4v) is 1.62. The van der Waals surface area contributed by atoms with Gasteiger partial charge in [-0.25, -0.2) is 4.79 Å². The van der Waals surface area contributed by atoms with E-state index in [1.807, 2.05) is 6.07 Å². The van der Waals surface area contributed by atoms with Crippen molar-refractivity contribution in [2.75, 3.05) is 11.5 Å². The lowest BCUT2D eigenvalue weighted by Gasteiger charge is -2.08. The van der Waals surface area contributed by atoms with Gasteiger partial charge in [0.15, 0.2) is 0 Å². The summed E-state index contributed by atoms with van der Waals surface area (Å²) in [5, 5.41) is 10.4. The molecule has 0 aliphatic rings. The Kier molecular flexibility index (Phi) is 1.97. The van der Waals surface area contributed by atoms with Gasteiger partial charge in [-0.3, -0.25) is 0 Å². The molecule has 0 aliphatic carbocycles. The van der Waals surface area contributed by atoms with Crippen LogP contribution in [0.3, 0.4) is 0 Å². The number of anilines is 2. The van der Waals surface area contributed by atoms with Crippen LogP contribution in [0, 0.1) is 0 Å². The highest BCUT2D eigenvalue weighted by Gasteiger charge is 2.14. The zero-order chi connectivity index (χ0) is 11.0. The minimum absolute atomic E-state index is 0.0746. The summed E-state index contributed by atoms with van der Waals surface area (Å²) in [6.07, 6.45) is 0. The highest BCUT2D eigenvalue weighted by molar-refractivity contribution is 6.11. The van der Waals surface area contributed by atoms with E-state index in [0.29, 0.717) is 11.1 Å². The molecule has 2 aromatic rings. The molecule has 0 saturated heterocycles. The predicted molar refractivity (Wildman–Crippen MR) is 59.7 cm³/mol. The number of fused-ring (bicyclic) bond motifs is 1. The van der Waals surface area contributed by atoms with Gasteiger partial charge in [-0.05, 0) is 16.8 Å². The highest BCUT2D eigenvalue weighted by Crippen LogP contribution is 2.29. The van der Waals surface area contributed by atoms with Gasteiger partial charge >= 0.3 is 5.97 Å².